The van der Waals surface area contributed by atoms with Crippen molar-refractivity contribution in [3.8, 4) is 11.3 Å². The number of nitrogens with one attached hydrogen (secondary N) is 2. The van der Waals surface area contributed by atoms with Crippen LogP contribution < -0.4 is 10.6 Å². The molecule has 4 rings (SSSR count). The summed E-state index contributed by atoms with van der Waals surface area (Å²) in [4.78, 5) is 17.4. The molecule has 0 unspecified atom stereocenters. The second-order valence-electron chi connectivity index (χ2n) is 6.43. The van der Waals surface area contributed by atoms with Crippen molar-refractivity contribution in [1.82, 2.24) is 19.9 Å². The first-order chi connectivity index (χ1) is 13.7. The van der Waals surface area contributed by atoms with E-state index in [1.54, 1.807) is 6.33 Å². The number of hydrogen-bond acceptors (Lipinski definition) is 6. The molecule has 2 aromatic carbocycles. The highest BCUT2D eigenvalue weighted by Gasteiger charge is 2.06. The summed E-state index contributed by atoms with van der Waals surface area (Å²) in [6.07, 6.45) is 1.55. The predicted octanol–water partition coefficient (Wildman–Crippen LogP) is 5.04. The number of anilines is 4. The summed E-state index contributed by atoms with van der Waals surface area (Å²) in [6, 6.07) is 21.9. The third-order valence-electron chi connectivity index (χ3n) is 4.12. The van der Waals surface area contributed by atoms with Gasteiger partial charge in [-0.25, -0.2) is 19.9 Å². The smallest absolute Gasteiger partial charge is 0.134 e. The van der Waals surface area contributed by atoms with Crippen LogP contribution in [-0.4, -0.2) is 19.9 Å². The highest BCUT2D eigenvalue weighted by atomic mass is 15.0. The number of nitrogens with zero attached hydrogens (tertiary/aromatic N) is 4. The summed E-state index contributed by atoms with van der Waals surface area (Å²) in [5.74, 6) is 2.23. The van der Waals surface area contributed by atoms with Gasteiger partial charge in [0.1, 0.15) is 23.8 Å². The Kier molecular flexibility index (Phi) is 4.93. The minimum absolute atomic E-state index is 0.717. The normalized spacial score (nSPS) is 10.5. The quantitative estimate of drug-likeness (QED) is 0.514. The van der Waals surface area contributed by atoms with Crippen molar-refractivity contribution in [2.45, 2.75) is 13.8 Å². The van der Waals surface area contributed by atoms with Crippen molar-refractivity contribution in [1.29, 1.82) is 0 Å². The highest BCUT2D eigenvalue weighted by molar-refractivity contribution is 5.69. The Morgan fingerprint density at radius 1 is 0.679 bits per heavy atom. The van der Waals surface area contributed by atoms with Crippen LogP contribution in [0, 0.1) is 13.8 Å². The third-order valence-corrected chi connectivity index (χ3v) is 4.12. The van der Waals surface area contributed by atoms with Crippen LogP contribution in [0.5, 0.6) is 0 Å². The summed E-state index contributed by atoms with van der Waals surface area (Å²) in [7, 11) is 0. The van der Waals surface area contributed by atoms with E-state index in [4.69, 9.17) is 0 Å². The van der Waals surface area contributed by atoms with E-state index in [0.29, 0.717) is 0 Å². The molecule has 6 nitrogen and oxygen atoms in total. The van der Waals surface area contributed by atoms with Gasteiger partial charge in [-0.2, -0.15) is 0 Å². The van der Waals surface area contributed by atoms with Crippen LogP contribution in [0.1, 0.15) is 11.5 Å². The molecule has 0 amide bonds. The molecule has 0 aliphatic rings. The van der Waals surface area contributed by atoms with Gasteiger partial charge in [-0.3, -0.25) is 0 Å². The Labute approximate surface area is 163 Å². The summed E-state index contributed by atoms with van der Waals surface area (Å²) in [5.41, 5.74) is 4.72. The lowest BCUT2D eigenvalue weighted by atomic mass is 10.1. The SMILES string of the molecule is Cc1cc(Nc2cccc(Nc3cc(-c4ccccc4)nc(C)n3)c2)ncn1. The van der Waals surface area contributed by atoms with Crippen molar-refractivity contribution < 1.29 is 0 Å². The maximum atomic E-state index is 4.55. The fraction of sp³-hybridized carbons (Fsp3) is 0.0909. The lowest BCUT2D eigenvalue weighted by Crippen LogP contribution is -2.00. The number of aromatic nitrogens is 4. The van der Waals surface area contributed by atoms with Crippen molar-refractivity contribution >= 4 is 23.0 Å². The van der Waals surface area contributed by atoms with Gasteiger partial charge >= 0.3 is 0 Å². The fourth-order valence-electron chi connectivity index (χ4n) is 2.88. The van der Waals surface area contributed by atoms with E-state index in [2.05, 4.69) is 30.6 Å². The highest BCUT2D eigenvalue weighted by Crippen LogP contribution is 2.24. The predicted molar refractivity (Wildman–Crippen MR) is 112 cm³/mol. The van der Waals surface area contributed by atoms with Gasteiger partial charge < -0.3 is 10.6 Å². The van der Waals surface area contributed by atoms with Crippen LogP contribution in [0.2, 0.25) is 0 Å². The standard InChI is InChI=1S/C22H20N6/c1-15-11-21(24-14-23-15)27-18-9-6-10-19(12-18)28-22-13-20(25-16(2)26-22)17-7-4-3-5-8-17/h3-14H,1-2H3,(H,23,24,27)(H,25,26,28). The van der Waals surface area contributed by atoms with Gasteiger partial charge in [0, 0.05) is 34.8 Å². The topological polar surface area (TPSA) is 75.6 Å². The van der Waals surface area contributed by atoms with E-state index < -0.39 is 0 Å². The maximum Gasteiger partial charge on any atom is 0.134 e. The lowest BCUT2D eigenvalue weighted by molar-refractivity contribution is 1.06. The second-order valence-corrected chi connectivity index (χ2v) is 6.43. The van der Waals surface area contributed by atoms with Crippen LogP contribution in [0.4, 0.5) is 23.0 Å². The van der Waals surface area contributed by atoms with E-state index in [1.165, 1.54) is 0 Å². The first kappa shape index (κ1) is 17.6. The first-order valence-corrected chi connectivity index (χ1v) is 8.99. The molecule has 0 saturated carbocycles. The van der Waals surface area contributed by atoms with E-state index >= 15 is 0 Å². The summed E-state index contributed by atoms with van der Waals surface area (Å²) in [5, 5.41) is 6.66. The van der Waals surface area contributed by atoms with Gasteiger partial charge in [-0.15, -0.1) is 0 Å². The number of benzene rings is 2. The fourth-order valence-corrected chi connectivity index (χ4v) is 2.88. The molecule has 6 heteroatoms. The summed E-state index contributed by atoms with van der Waals surface area (Å²) < 4.78 is 0. The van der Waals surface area contributed by atoms with Gasteiger partial charge in [0.2, 0.25) is 0 Å². The molecule has 2 heterocycles. The van der Waals surface area contributed by atoms with Crippen molar-refractivity contribution in [3.63, 3.8) is 0 Å². The molecule has 0 spiro atoms. The van der Waals surface area contributed by atoms with E-state index in [1.807, 2.05) is 80.6 Å². The van der Waals surface area contributed by atoms with Crippen LogP contribution in [-0.2, 0) is 0 Å². The molecule has 0 aliphatic carbocycles. The molecular weight excluding hydrogens is 348 g/mol. The molecule has 28 heavy (non-hydrogen) atoms. The van der Waals surface area contributed by atoms with Gasteiger partial charge in [-0.05, 0) is 32.0 Å². The largest absolute Gasteiger partial charge is 0.340 e. The molecule has 2 N–H and O–H groups in total. The minimum Gasteiger partial charge on any atom is -0.340 e. The zero-order valence-electron chi connectivity index (χ0n) is 15.7. The Morgan fingerprint density at radius 3 is 2.18 bits per heavy atom. The number of rotatable bonds is 5. The van der Waals surface area contributed by atoms with E-state index in [9.17, 15) is 0 Å². The zero-order valence-corrected chi connectivity index (χ0v) is 15.7. The molecule has 0 saturated heterocycles. The minimum atomic E-state index is 0.717. The monoisotopic (exact) mass is 368 g/mol. The number of hydrogen-bond donors (Lipinski definition) is 2. The maximum absolute atomic E-state index is 4.55. The average Bonchev–Trinajstić information content (AvgIpc) is 2.68. The molecule has 0 bridgehead atoms. The Balaban J connectivity index is 1.57. The Bertz CT molecular complexity index is 1090. The van der Waals surface area contributed by atoms with Crippen molar-refractivity contribution in [2.75, 3.05) is 10.6 Å². The van der Waals surface area contributed by atoms with Crippen molar-refractivity contribution in [2.24, 2.45) is 0 Å². The molecule has 0 fully saturated rings. The molecular formula is C22H20N6. The van der Waals surface area contributed by atoms with Crippen molar-refractivity contribution in [3.05, 3.63) is 84.6 Å². The molecule has 0 radical (unpaired) electrons. The second kappa shape index (κ2) is 7.84. The zero-order chi connectivity index (χ0) is 19.3. The average molecular weight is 368 g/mol. The lowest BCUT2D eigenvalue weighted by Gasteiger charge is -2.11. The van der Waals surface area contributed by atoms with Crippen LogP contribution in [0.3, 0.4) is 0 Å². The molecule has 0 atom stereocenters. The van der Waals surface area contributed by atoms with Gasteiger partial charge in [0.25, 0.3) is 0 Å². The molecule has 2 aromatic heterocycles. The van der Waals surface area contributed by atoms with E-state index in [-0.39, 0.29) is 0 Å². The van der Waals surface area contributed by atoms with Crippen LogP contribution >= 0.6 is 0 Å². The molecule has 4 aromatic rings. The third kappa shape index (κ3) is 4.29. The molecule has 138 valence electrons. The summed E-state index contributed by atoms with van der Waals surface area (Å²) >= 11 is 0. The first-order valence-electron chi connectivity index (χ1n) is 8.99. The number of aryl methyl sites for hydroxylation is 2. The van der Waals surface area contributed by atoms with Crippen LogP contribution in [0.25, 0.3) is 11.3 Å². The molecule has 0 aliphatic heterocycles. The van der Waals surface area contributed by atoms with E-state index in [0.717, 1.165) is 45.8 Å². The Hall–Kier alpha value is -3.80. The van der Waals surface area contributed by atoms with Gasteiger partial charge in [0.05, 0.1) is 5.69 Å². The Morgan fingerprint density at radius 2 is 1.43 bits per heavy atom. The van der Waals surface area contributed by atoms with Crippen LogP contribution in [0.15, 0.2) is 73.1 Å². The van der Waals surface area contributed by atoms with Gasteiger partial charge in [-0.1, -0.05) is 36.4 Å². The van der Waals surface area contributed by atoms with Gasteiger partial charge in [0.15, 0.2) is 0 Å². The summed E-state index contributed by atoms with van der Waals surface area (Å²) in [6.45, 7) is 3.83.